The lowest BCUT2D eigenvalue weighted by Crippen LogP contribution is -2.31. The van der Waals surface area contributed by atoms with Crippen LogP contribution in [-0.4, -0.2) is 30.0 Å². The Labute approximate surface area is 156 Å². The Kier molecular flexibility index (Phi) is 5.99. The van der Waals surface area contributed by atoms with Crippen molar-refractivity contribution in [2.75, 3.05) is 13.2 Å². The first kappa shape index (κ1) is 18.4. The molecule has 27 heavy (non-hydrogen) atoms. The molecule has 1 heterocycles. The van der Waals surface area contributed by atoms with E-state index < -0.39 is 5.97 Å². The van der Waals surface area contributed by atoms with Gasteiger partial charge in [-0.05, 0) is 23.6 Å². The maximum Gasteiger partial charge on any atom is 0.331 e. The number of nitrogens with one attached hydrogen (secondary N) is 1. The molecule has 3 aromatic rings. The van der Waals surface area contributed by atoms with E-state index >= 15 is 0 Å². The number of benzene rings is 2. The molecule has 138 valence electrons. The Morgan fingerprint density at radius 1 is 1.15 bits per heavy atom. The number of carbonyl (C=O) groups is 2. The smallest absolute Gasteiger partial charge is 0.331 e. The molecule has 1 N–H and O–H groups in total. The minimum atomic E-state index is -0.636. The number of oxazole rings is 1. The van der Waals surface area contributed by atoms with Crippen molar-refractivity contribution in [3.8, 4) is 0 Å². The number of carbonyl (C=O) groups excluding carboxylic acids is 2. The molecule has 6 heteroatoms. The Morgan fingerprint density at radius 2 is 1.89 bits per heavy atom. The fourth-order valence-corrected chi connectivity index (χ4v) is 2.50. The van der Waals surface area contributed by atoms with Crippen molar-refractivity contribution >= 4 is 29.1 Å². The summed E-state index contributed by atoms with van der Waals surface area (Å²) in [4.78, 5) is 27.8. The van der Waals surface area contributed by atoms with Gasteiger partial charge >= 0.3 is 5.97 Å². The van der Waals surface area contributed by atoms with E-state index in [1.807, 2.05) is 55.5 Å². The summed E-state index contributed by atoms with van der Waals surface area (Å²) in [7, 11) is 0. The molecule has 0 fully saturated rings. The van der Waals surface area contributed by atoms with Gasteiger partial charge in [-0.2, -0.15) is 0 Å². The first-order valence-corrected chi connectivity index (χ1v) is 8.64. The molecule has 0 unspecified atom stereocenters. The number of nitrogens with zero attached hydrogens (tertiary/aromatic N) is 1. The molecule has 1 amide bonds. The van der Waals surface area contributed by atoms with Gasteiger partial charge in [-0.3, -0.25) is 4.79 Å². The number of fused-ring (bicyclic) bond motifs is 1. The summed E-state index contributed by atoms with van der Waals surface area (Å²) in [6.45, 7) is 2.15. The zero-order valence-electron chi connectivity index (χ0n) is 14.9. The fraction of sp³-hybridized carbons (Fsp3) is 0.190. The van der Waals surface area contributed by atoms with E-state index in [2.05, 4.69) is 10.3 Å². The number of hydrogen-bond acceptors (Lipinski definition) is 5. The molecule has 0 spiro atoms. The maximum absolute atomic E-state index is 11.8. The largest absolute Gasteiger partial charge is 0.452 e. The normalized spacial score (nSPS) is 12.2. The average Bonchev–Trinajstić information content (AvgIpc) is 3.12. The highest BCUT2D eigenvalue weighted by atomic mass is 16.5. The zero-order chi connectivity index (χ0) is 19.1. The van der Waals surface area contributed by atoms with Crippen molar-refractivity contribution in [2.45, 2.75) is 12.8 Å². The Morgan fingerprint density at radius 3 is 2.67 bits per heavy atom. The Balaban J connectivity index is 1.42. The number of amides is 1. The second-order valence-electron chi connectivity index (χ2n) is 6.08. The SMILES string of the molecule is C[C@H](CNC(=O)COC(=O)/C=C/c1nc2ccccc2o1)c1ccccc1. The van der Waals surface area contributed by atoms with Crippen molar-refractivity contribution in [1.29, 1.82) is 0 Å². The van der Waals surface area contributed by atoms with E-state index in [4.69, 9.17) is 9.15 Å². The number of esters is 1. The van der Waals surface area contributed by atoms with Crippen molar-refractivity contribution < 1.29 is 18.7 Å². The van der Waals surface area contributed by atoms with Gasteiger partial charge in [0, 0.05) is 18.7 Å². The summed E-state index contributed by atoms with van der Waals surface area (Å²) in [5, 5.41) is 2.76. The molecule has 0 aliphatic carbocycles. The molecular weight excluding hydrogens is 344 g/mol. The van der Waals surface area contributed by atoms with Crippen LogP contribution < -0.4 is 5.32 Å². The number of hydrogen-bond donors (Lipinski definition) is 1. The molecule has 1 aromatic heterocycles. The lowest BCUT2D eigenvalue weighted by atomic mass is 10.0. The van der Waals surface area contributed by atoms with Crippen LogP contribution in [0.15, 0.2) is 65.1 Å². The van der Waals surface area contributed by atoms with Crippen molar-refractivity contribution in [2.24, 2.45) is 0 Å². The zero-order valence-corrected chi connectivity index (χ0v) is 14.9. The van der Waals surface area contributed by atoms with Gasteiger partial charge in [0.1, 0.15) is 5.52 Å². The number of aromatic nitrogens is 1. The van der Waals surface area contributed by atoms with Gasteiger partial charge in [-0.15, -0.1) is 0 Å². The molecule has 0 aliphatic rings. The monoisotopic (exact) mass is 364 g/mol. The number of ether oxygens (including phenoxy) is 1. The predicted octanol–water partition coefficient (Wildman–Crippen LogP) is 3.30. The second kappa shape index (κ2) is 8.80. The van der Waals surface area contributed by atoms with E-state index in [-0.39, 0.29) is 18.4 Å². The third-order valence-electron chi connectivity index (χ3n) is 3.99. The first-order valence-electron chi connectivity index (χ1n) is 8.64. The topological polar surface area (TPSA) is 81.4 Å². The van der Waals surface area contributed by atoms with Crippen LogP contribution in [0.25, 0.3) is 17.2 Å². The standard InChI is InChI=1S/C21H20N2O4/c1-15(16-7-3-2-4-8-16)13-22-19(24)14-26-21(25)12-11-20-23-17-9-5-6-10-18(17)27-20/h2-12,15H,13-14H2,1H3,(H,22,24)/b12-11+/t15-/m1/s1. The quantitative estimate of drug-likeness (QED) is 0.514. The summed E-state index contributed by atoms with van der Waals surface area (Å²) >= 11 is 0. The van der Waals surface area contributed by atoms with E-state index in [1.54, 1.807) is 6.07 Å². The number of para-hydroxylation sites is 2. The van der Waals surface area contributed by atoms with Crippen LogP contribution in [0.1, 0.15) is 24.3 Å². The van der Waals surface area contributed by atoms with Crippen LogP contribution in [0.5, 0.6) is 0 Å². The summed E-state index contributed by atoms with van der Waals surface area (Å²) in [6, 6.07) is 17.2. The molecule has 0 radical (unpaired) electrons. The molecule has 2 aromatic carbocycles. The molecule has 1 atom stereocenters. The molecule has 0 bridgehead atoms. The molecule has 0 saturated heterocycles. The van der Waals surface area contributed by atoms with E-state index in [1.165, 1.54) is 12.2 Å². The first-order chi connectivity index (χ1) is 13.1. The highest BCUT2D eigenvalue weighted by Crippen LogP contribution is 2.15. The third kappa shape index (κ3) is 5.28. The van der Waals surface area contributed by atoms with Gasteiger partial charge in [0.2, 0.25) is 5.89 Å². The van der Waals surface area contributed by atoms with Gasteiger partial charge in [-0.25, -0.2) is 9.78 Å². The molecule has 0 aliphatic heterocycles. The van der Waals surface area contributed by atoms with Gasteiger partial charge in [0.25, 0.3) is 5.91 Å². The Bertz CT molecular complexity index is 914. The lowest BCUT2D eigenvalue weighted by Gasteiger charge is -2.12. The van der Waals surface area contributed by atoms with Crippen LogP contribution in [0.2, 0.25) is 0 Å². The van der Waals surface area contributed by atoms with Gasteiger partial charge < -0.3 is 14.5 Å². The summed E-state index contributed by atoms with van der Waals surface area (Å²) < 4.78 is 10.4. The van der Waals surface area contributed by atoms with E-state index in [9.17, 15) is 9.59 Å². The molecule has 0 saturated carbocycles. The lowest BCUT2D eigenvalue weighted by molar-refractivity contribution is -0.143. The molecular formula is C21H20N2O4. The van der Waals surface area contributed by atoms with Crippen molar-refractivity contribution in [3.05, 3.63) is 72.1 Å². The van der Waals surface area contributed by atoms with E-state index in [0.29, 0.717) is 23.5 Å². The minimum Gasteiger partial charge on any atom is -0.452 e. The highest BCUT2D eigenvalue weighted by Gasteiger charge is 2.09. The van der Waals surface area contributed by atoms with Crippen molar-refractivity contribution in [1.82, 2.24) is 10.3 Å². The minimum absolute atomic E-state index is 0.171. The van der Waals surface area contributed by atoms with Crippen LogP contribution in [-0.2, 0) is 14.3 Å². The number of rotatable bonds is 7. The molecule has 6 nitrogen and oxygen atoms in total. The summed E-state index contributed by atoms with van der Waals surface area (Å²) in [6.07, 6.45) is 2.60. The predicted molar refractivity (Wildman–Crippen MR) is 102 cm³/mol. The Hall–Kier alpha value is -3.41. The van der Waals surface area contributed by atoms with E-state index in [0.717, 1.165) is 5.56 Å². The summed E-state index contributed by atoms with van der Waals surface area (Å²) in [5.74, 6) is -0.510. The van der Waals surface area contributed by atoms with Gasteiger partial charge in [0.15, 0.2) is 12.2 Å². The average molecular weight is 364 g/mol. The van der Waals surface area contributed by atoms with Gasteiger partial charge in [-0.1, -0.05) is 49.4 Å². The summed E-state index contributed by atoms with van der Waals surface area (Å²) in [5.41, 5.74) is 2.48. The van der Waals surface area contributed by atoms with Crippen LogP contribution in [0, 0.1) is 0 Å². The van der Waals surface area contributed by atoms with Crippen LogP contribution in [0.3, 0.4) is 0 Å². The van der Waals surface area contributed by atoms with Crippen LogP contribution >= 0.6 is 0 Å². The molecule has 3 rings (SSSR count). The maximum atomic E-state index is 11.8. The second-order valence-corrected chi connectivity index (χ2v) is 6.08. The van der Waals surface area contributed by atoms with Gasteiger partial charge in [0.05, 0.1) is 0 Å². The fourth-order valence-electron chi connectivity index (χ4n) is 2.50. The third-order valence-corrected chi connectivity index (χ3v) is 3.99. The van der Waals surface area contributed by atoms with Crippen molar-refractivity contribution in [3.63, 3.8) is 0 Å². The van der Waals surface area contributed by atoms with Crippen LogP contribution in [0.4, 0.5) is 0 Å². The highest BCUT2D eigenvalue weighted by molar-refractivity contribution is 5.89.